The second kappa shape index (κ2) is 4.26. The number of fused-ring (bicyclic) bond motifs is 1. The highest BCUT2D eigenvalue weighted by molar-refractivity contribution is 8.00. The van der Waals surface area contributed by atoms with Crippen LogP contribution in [0.3, 0.4) is 0 Å². The molecule has 0 atom stereocenters. The highest BCUT2D eigenvalue weighted by atomic mass is 32.2. The molecule has 0 spiro atoms. The summed E-state index contributed by atoms with van der Waals surface area (Å²) >= 11 is 1.63. The second-order valence-electron chi connectivity index (χ2n) is 4.45. The average Bonchev–Trinajstić information content (AvgIpc) is 2.32. The van der Waals surface area contributed by atoms with Gasteiger partial charge in [-0.2, -0.15) is 0 Å². The molecule has 0 aliphatic carbocycles. The fourth-order valence-corrected chi connectivity index (χ4v) is 3.00. The predicted molar refractivity (Wildman–Crippen MR) is 69.3 cm³/mol. The second-order valence-corrected chi connectivity index (χ2v) is 6.05. The SMILES string of the molecule is COc1ccc(OC)c2c1CSC(C)(C)C2=O. The third kappa shape index (κ3) is 1.90. The molecule has 17 heavy (non-hydrogen) atoms. The number of Topliss-reactive ketones (excluding diaryl/α,β-unsaturated/α-hetero) is 1. The molecule has 0 unspecified atom stereocenters. The average molecular weight is 252 g/mol. The van der Waals surface area contributed by atoms with Gasteiger partial charge < -0.3 is 9.47 Å². The van der Waals surface area contributed by atoms with E-state index in [2.05, 4.69) is 0 Å². The van der Waals surface area contributed by atoms with Gasteiger partial charge in [0.15, 0.2) is 5.78 Å². The van der Waals surface area contributed by atoms with E-state index in [9.17, 15) is 4.79 Å². The molecular formula is C13H16O3S. The first kappa shape index (κ1) is 12.3. The summed E-state index contributed by atoms with van der Waals surface area (Å²) in [5.41, 5.74) is 1.62. The lowest BCUT2D eigenvalue weighted by molar-refractivity contribution is 0.0951. The molecule has 0 bridgehead atoms. The van der Waals surface area contributed by atoms with Crippen LogP contribution < -0.4 is 9.47 Å². The van der Waals surface area contributed by atoms with Gasteiger partial charge in [-0.1, -0.05) is 0 Å². The van der Waals surface area contributed by atoms with Gasteiger partial charge >= 0.3 is 0 Å². The minimum atomic E-state index is -0.396. The summed E-state index contributed by atoms with van der Waals surface area (Å²) in [7, 11) is 3.21. The molecule has 0 aromatic heterocycles. The van der Waals surface area contributed by atoms with E-state index in [-0.39, 0.29) is 5.78 Å². The van der Waals surface area contributed by atoms with E-state index in [1.807, 2.05) is 19.9 Å². The largest absolute Gasteiger partial charge is 0.496 e. The Labute approximate surface area is 105 Å². The highest BCUT2D eigenvalue weighted by Crippen LogP contribution is 2.44. The van der Waals surface area contributed by atoms with Crippen LogP contribution in [0, 0.1) is 0 Å². The Balaban J connectivity index is 2.65. The number of carbonyl (C=O) groups is 1. The Morgan fingerprint density at radius 1 is 1.18 bits per heavy atom. The topological polar surface area (TPSA) is 35.5 Å². The van der Waals surface area contributed by atoms with E-state index in [4.69, 9.17) is 9.47 Å². The molecule has 0 N–H and O–H groups in total. The molecule has 1 aromatic carbocycles. The quantitative estimate of drug-likeness (QED) is 0.810. The van der Waals surface area contributed by atoms with Crippen molar-refractivity contribution in [2.45, 2.75) is 24.3 Å². The van der Waals surface area contributed by atoms with Crippen LogP contribution in [-0.4, -0.2) is 24.7 Å². The molecule has 0 saturated heterocycles. The first-order chi connectivity index (χ1) is 8.01. The maximum atomic E-state index is 12.4. The number of thioether (sulfide) groups is 1. The predicted octanol–water partition coefficient (Wildman–Crippen LogP) is 2.91. The summed E-state index contributed by atoms with van der Waals surface area (Å²) in [5, 5.41) is 0. The number of methoxy groups -OCH3 is 2. The van der Waals surface area contributed by atoms with Crippen molar-refractivity contribution in [1.82, 2.24) is 0 Å². The lowest BCUT2D eigenvalue weighted by Gasteiger charge is -2.30. The molecule has 1 aliphatic heterocycles. The number of benzene rings is 1. The number of hydrogen-bond donors (Lipinski definition) is 0. The van der Waals surface area contributed by atoms with E-state index >= 15 is 0 Å². The van der Waals surface area contributed by atoms with Crippen LogP contribution in [0.15, 0.2) is 12.1 Å². The van der Waals surface area contributed by atoms with Gasteiger partial charge in [-0.25, -0.2) is 0 Å². The number of ether oxygens (including phenoxy) is 2. The molecule has 0 radical (unpaired) electrons. The highest BCUT2D eigenvalue weighted by Gasteiger charge is 2.38. The zero-order valence-electron chi connectivity index (χ0n) is 10.5. The number of ketones is 1. The van der Waals surface area contributed by atoms with Gasteiger partial charge in [-0.3, -0.25) is 4.79 Å². The van der Waals surface area contributed by atoms with Crippen LogP contribution in [0.2, 0.25) is 0 Å². The van der Waals surface area contributed by atoms with E-state index in [1.54, 1.807) is 32.0 Å². The molecule has 4 heteroatoms. The Morgan fingerprint density at radius 2 is 1.76 bits per heavy atom. The van der Waals surface area contributed by atoms with Crippen molar-refractivity contribution in [3.05, 3.63) is 23.3 Å². The minimum Gasteiger partial charge on any atom is -0.496 e. The smallest absolute Gasteiger partial charge is 0.182 e. The summed E-state index contributed by atoms with van der Waals surface area (Å²) in [6, 6.07) is 3.64. The summed E-state index contributed by atoms with van der Waals surface area (Å²) in [6.45, 7) is 3.89. The Kier molecular flexibility index (Phi) is 3.08. The third-order valence-electron chi connectivity index (χ3n) is 3.02. The van der Waals surface area contributed by atoms with Crippen LogP contribution in [0.1, 0.15) is 29.8 Å². The Morgan fingerprint density at radius 3 is 2.35 bits per heavy atom. The molecule has 3 nitrogen and oxygen atoms in total. The fourth-order valence-electron chi connectivity index (χ4n) is 1.98. The van der Waals surface area contributed by atoms with Gasteiger partial charge in [0.25, 0.3) is 0 Å². The summed E-state index contributed by atoms with van der Waals surface area (Å²) < 4.78 is 10.2. The Bertz CT molecular complexity index is 466. The fraction of sp³-hybridized carbons (Fsp3) is 0.462. The number of rotatable bonds is 2. The summed E-state index contributed by atoms with van der Waals surface area (Å²) in [5.74, 6) is 2.28. The maximum absolute atomic E-state index is 12.4. The van der Waals surface area contributed by atoms with Gasteiger partial charge in [0, 0.05) is 11.3 Å². The first-order valence-corrected chi connectivity index (χ1v) is 6.42. The van der Waals surface area contributed by atoms with Gasteiger partial charge in [0.2, 0.25) is 0 Å². The van der Waals surface area contributed by atoms with E-state index in [1.165, 1.54) is 0 Å². The summed E-state index contributed by atoms with van der Waals surface area (Å²) in [6.07, 6.45) is 0. The van der Waals surface area contributed by atoms with Crippen molar-refractivity contribution in [2.24, 2.45) is 0 Å². The monoisotopic (exact) mass is 252 g/mol. The molecule has 1 aliphatic rings. The number of hydrogen-bond acceptors (Lipinski definition) is 4. The van der Waals surface area contributed by atoms with Crippen LogP contribution in [0.25, 0.3) is 0 Å². The maximum Gasteiger partial charge on any atom is 0.182 e. The first-order valence-electron chi connectivity index (χ1n) is 5.44. The molecule has 92 valence electrons. The summed E-state index contributed by atoms with van der Waals surface area (Å²) in [4.78, 5) is 12.4. The molecule has 1 aromatic rings. The zero-order valence-corrected chi connectivity index (χ0v) is 11.3. The van der Waals surface area contributed by atoms with Crippen molar-refractivity contribution in [2.75, 3.05) is 14.2 Å². The normalized spacial score (nSPS) is 17.5. The van der Waals surface area contributed by atoms with Crippen LogP contribution in [0.4, 0.5) is 0 Å². The van der Waals surface area contributed by atoms with Gasteiger partial charge in [0.1, 0.15) is 11.5 Å². The lowest BCUT2D eigenvalue weighted by atomic mass is 9.94. The van der Waals surface area contributed by atoms with Crippen LogP contribution >= 0.6 is 11.8 Å². The van der Waals surface area contributed by atoms with Crippen LogP contribution in [-0.2, 0) is 5.75 Å². The van der Waals surface area contributed by atoms with Crippen molar-refractivity contribution >= 4 is 17.5 Å². The van der Waals surface area contributed by atoms with Crippen LogP contribution in [0.5, 0.6) is 11.5 Å². The van der Waals surface area contributed by atoms with E-state index < -0.39 is 4.75 Å². The molecule has 0 saturated carbocycles. The molecule has 2 rings (SSSR count). The van der Waals surface area contributed by atoms with Crippen molar-refractivity contribution in [3.8, 4) is 11.5 Å². The minimum absolute atomic E-state index is 0.111. The van der Waals surface area contributed by atoms with E-state index in [0.29, 0.717) is 11.3 Å². The van der Waals surface area contributed by atoms with Crippen molar-refractivity contribution in [1.29, 1.82) is 0 Å². The molecule has 0 amide bonds. The molecule has 0 fully saturated rings. The van der Waals surface area contributed by atoms with Gasteiger partial charge in [0.05, 0.1) is 24.5 Å². The zero-order chi connectivity index (χ0) is 12.6. The van der Waals surface area contributed by atoms with Crippen molar-refractivity contribution in [3.63, 3.8) is 0 Å². The lowest BCUT2D eigenvalue weighted by Crippen LogP contribution is -2.33. The molecular weight excluding hydrogens is 236 g/mol. The third-order valence-corrected chi connectivity index (χ3v) is 4.36. The number of carbonyl (C=O) groups excluding carboxylic acids is 1. The Hall–Kier alpha value is -1.16. The standard InChI is InChI=1S/C13H16O3S/c1-13(2)12(14)11-8(7-17-13)9(15-3)5-6-10(11)16-4/h5-6H,7H2,1-4H3. The van der Waals surface area contributed by atoms with E-state index in [0.717, 1.165) is 17.1 Å². The van der Waals surface area contributed by atoms with Crippen molar-refractivity contribution < 1.29 is 14.3 Å². The van der Waals surface area contributed by atoms with Gasteiger partial charge in [-0.05, 0) is 26.0 Å². The molecule has 1 heterocycles. The van der Waals surface area contributed by atoms with Gasteiger partial charge in [-0.15, -0.1) is 11.8 Å².